The summed E-state index contributed by atoms with van der Waals surface area (Å²) >= 11 is 5.53. The van der Waals surface area contributed by atoms with Crippen molar-refractivity contribution in [1.29, 1.82) is 0 Å². The van der Waals surface area contributed by atoms with Gasteiger partial charge >= 0.3 is 0 Å². The van der Waals surface area contributed by atoms with Gasteiger partial charge in [0.25, 0.3) is 0 Å². The first-order valence-electron chi connectivity index (χ1n) is 25.0. The van der Waals surface area contributed by atoms with E-state index >= 15 is 0 Å². The third-order valence-corrected chi connectivity index (χ3v) is 15.4. The largest absolute Gasteiger partial charge is 0.508 e. The van der Waals surface area contributed by atoms with Crippen LogP contribution in [0.1, 0.15) is 67.7 Å². The van der Waals surface area contributed by atoms with Crippen molar-refractivity contribution in [3.63, 3.8) is 0 Å². The molecule has 0 bridgehead atoms. The average Bonchev–Trinajstić information content (AvgIpc) is 3.77. The number of aliphatic hydroxyl groups excluding tert-OH is 8. The smallest absolute Gasteiger partial charge is 0.220 e. The molecule has 3 aromatic rings. The minimum absolute atomic E-state index is 0.00133. The number of nitrogens with two attached hydrogens (primary N) is 3. The number of carbonyl (C=O) groups excluding carboxylic acids is 2. The molecule has 1 aromatic heterocycles. The van der Waals surface area contributed by atoms with E-state index in [1.54, 1.807) is 35.1 Å². The van der Waals surface area contributed by atoms with Crippen molar-refractivity contribution in [3.05, 3.63) is 82.4 Å². The molecule has 16 atom stereocenters. The number of fused-ring (bicyclic) bond motifs is 3. The van der Waals surface area contributed by atoms with Gasteiger partial charge in [0.1, 0.15) is 83.3 Å². The number of allylic oxidation sites excluding steroid dienone is 2. The molecular weight excluding hydrogens is 1020 g/mol. The third kappa shape index (κ3) is 10.6. The van der Waals surface area contributed by atoms with Gasteiger partial charge < -0.3 is 108 Å². The lowest BCUT2D eigenvalue weighted by Gasteiger charge is -2.46. The van der Waals surface area contributed by atoms with Gasteiger partial charge in [-0.1, -0.05) is 18.2 Å². The van der Waals surface area contributed by atoms with E-state index in [1.807, 2.05) is 6.92 Å². The van der Waals surface area contributed by atoms with Crippen LogP contribution in [0.3, 0.4) is 0 Å². The minimum Gasteiger partial charge on any atom is -0.508 e. The van der Waals surface area contributed by atoms with Crippen LogP contribution < -0.4 is 37.9 Å². The summed E-state index contributed by atoms with van der Waals surface area (Å²) in [6.07, 6.45) is -13.8. The Hall–Kier alpha value is -5.15. The number of aromatic hydroxyl groups is 1. The first-order chi connectivity index (χ1) is 36.1. The lowest BCUT2D eigenvalue weighted by atomic mass is 9.80. The van der Waals surface area contributed by atoms with E-state index in [2.05, 4.69) is 26.3 Å². The van der Waals surface area contributed by atoms with Crippen molar-refractivity contribution in [3.8, 4) is 11.5 Å². The molecule has 4 fully saturated rings. The van der Waals surface area contributed by atoms with Crippen LogP contribution in [0, 0.1) is 5.92 Å². The fourth-order valence-electron chi connectivity index (χ4n) is 10.7. The molecular formula is C49H65N9O17S. The van der Waals surface area contributed by atoms with Crippen molar-refractivity contribution in [2.45, 2.75) is 149 Å². The predicted molar refractivity (Wildman–Crippen MR) is 267 cm³/mol. The number of aryl methyl sites for hydroxylation is 2. The van der Waals surface area contributed by atoms with Crippen LogP contribution in [0.4, 0.5) is 5.69 Å². The normalized spacial score (nSPS) is 34.7. The number of nitrogens with zero attached hydrogens (tertiary/aromatic N) is 3. The standard InChI is InChI=1S/C49H65N9O17S/c1-20-12-27-32(16-30(20)61)71-31-14-23(60)7-9-25(31)35(27)24-8-6-21(13-26(24)43(68)69)55-47(76)53-10-3-11-58-18-22(56-57-58)4-2-5-34(62)54-17-33-36(63)37(64)38(65)44(72-33)73-40-28(50)15-29(51)41(39(40)66)74-45-42(67)49(52)46(70)48(49,19-59)75-45/h6-9,13-14,16,18,20,28-29,33,36-46,59-60,63-70H,2-5,10-12,15,17,19,50-52H2,1H3,(H,54,62)(H2,53,55,76)/t20?,28?,29?,33?,36?,37?,38?,39?,40?,41-,42?,44?,45?,46?,48?,49?/m1/s1. The topological polar surface area (TPSA) is 427 Å². The molecule has 0 spiro atoms. The van der Waals surface area contributed by atoms with Crippen LogP contribution in [0.25, 0.3) is 5.57 Å². The highest BCUT2D eigenvalue weighted by Crippen LogP contribution is 2.58. The van der Waals surface area contributed by atoms with Crippen molar-refractivity contribution in [1.82, 2.24) is 25.6 Å². The van der Waals surface area contributed by atoms with E-state index in [4.69, 9.17) is 53.1 Å². The summed E-state index contributed by atoms with van der Waals surface area (Å²) in [5.41, 5.74) is 19.1. The minimum atomic E-state index is -1.87. The first kappa shape index (κ1) is 55.6. The number of aromatic nitrogens is 3. The van der Waals surface area contributed by atoms with Gasteiger partial charge in [0.05, 0.1) is 12.3 Å². The van der Waals surface area contributed by atoms with Crippen molar-refractivity contribution in [2.24, 2.45) is 23.1 Å². The summed E-state index contributed by atoms with van der Waals surface area (Å²) in [7, 11) is 0. The molecule has 76 heavy (non-hydrogen) atoms. The molecule has 26 nitrogen and oxygen atoms in total. The molecule has 3 aliphatic heterocycles. The number of rotatable bonds is 18. The summed E-state index contributed by atoms with van der Waals surface area (Å²) in [6.45, 7) is 1.73. The Balaban J connectivity index is 0.706. The summed E-state index contributed by atoms with van der Waals surface area (Å²) in [5.74, 6) is -0.178. The molecule has 2 saturated heterocycles. The number of carbonyl (C=O) groups is 2. The molecule has 414 valence electrons. The summed E-state index contributed by atoms with van der Waals surface area (Å²) in [5, 5.41) is 123. The van der Waals surface area contributed by atoms with Crippen LogP contribution in [0.2, 0.25) is 0 Å². The number of aliphatic hydroxyl groups is 9. The quantitative estimate of drug-likeness (QED) is 0.0328. The fourth-order valence-corrected chi connectivity index (χ4v) is 10.9. The zero-order valence-corrected chi connectivity index (χ0v) is 42.0. The lowest BCUT2D eigenvalue weighted by Crippen LogP contribution is -2.67. The highest BCUT2D eigenvalue weighted by molar-refractivity contribution is 7.80. The van der Waals surface area contributed by atoms with Gasteiger partial charge in [0.15, 0.2) is 29.8 Å². The molecule has 27 heteroatoms. The van der Waals surface area contributed by atoms with Gasteiger partial charge in [-0.05, 0) is 74.2 Å². The third-order valence-electron chi connectivity index (χ3n) is 15.1. The highest BCUT2D eigenvalue weighted by atomic mass is 32.1. The average molecular weight is 1080 g/mol. The Morgan fingerprint density at radius 1 is 0.961 bits per heavy atom. The second-order valence-electron chi connectivity index (χ2n) is 20.3. The van der Waals surface area contributed by atoms with Gasteiger partial charge in [0.2, 0.25) is 5.91 Å². The number of ether oxygens (including phenoxy) is 5. The number of anilines is 1. The maximum atomic E-state index is 12.9. The molecule has 0 radical (unpaired) electrons. The number of benzene rings is 2. The van der Waals surface area contributed by atoms with Gasteiger partial charge in [-0.25, -0.2) is 0 Å². The Morgan fingerprint density at radius 3 is 2.39 bits per heavy atom. The predicted octanol–water partition coefficient (Wildman–Crippen LogP) is -4.01. The highest BCUT2D eigenvalue weighted by Gasteiger charge is 2.86. The van der Waals surface area contributed by atoms with E-state index in [0.29, 0.717) is 78.4 Å². The van der Waals surface area contributed by atoms with Crippen molar-refractivity contribution >= 4 is 40.3 Å². The van der Waals surface area contributed by atoms with Crippen LogP contribution in [0.5, 0.6) is 11.5 Å². The molecule has 3 aliphatic carbocycles. The van der Waals surface area contributed by atoms with Crippen molar-refractivity contribution in [2.75, 3.05) is 25.0 Å². The number of phenolic OH excluding ortho intramolecular Hbond substituents is 1. The van der Waals surface area contributed by atoms with Crippen LogP contribution >= 0.6 is 12.2 Å². The summed E-state index contributed by atoms with van der Waals surface area (Å²) in [6, 6.07) is 7.83. The molecule has 2 aromatic carbocycles. The molecule has 2 saturated carbocycles. The fraction of sp³-hybridized carbons (Fsp3) is 0.571. The SMILES string of the molecule is CC1CC2=C(c3ccc(NC(=S)NCCCn4cc(CCCC(=O)NCC5OC(OC6C(N)CC(N)[C@@H](OC7OC8(CO)C(O)C8(N)C7O)C6O)C(O)C(O)C5O)nn4)cc3C(O)O)c3ccc(O)cc3OC2=CC1=O. The number of hydrogen-bond donors (Lipinski definition) is 16. The summed E-state index contributed by atoms with van der Waals surface area (Å²) in [4.78, 5) is 25.5. The number of nitrogens with one attached hydrogen (secondary N) is 3. The second kappa shape index (κ2) is 22.3. The van der Waals surface area contributed by atoms with Crippen LogP contribution in [-0.2, 0) is 41.5 Å². The van der Waals surface area contributed by atoms with Gasteiger partial charge in [-0.3, -0.25) is 14.3 Å². The van der Waals surface area contributed by atoms with Gasteiger partial charge in [-0.2, -0.15) is 0 Å². The van der Waals surface area contributed by atoms with Gasteiger partial charge in [0, 0.05) is 90.4 Å². The maximum Gasteiger partial charge on any atom is 0.220 e. The van der Waals surface area contributed by atoms with E-state index in [0.717, 1.165) is 5.57 Å². The zero-order valence-electron chi connectivity index (χ0n) is 41.2. The second-order valence-corrected chi connectivity index (χ2v) is 20.7. The molecule has 19 N–H and O–H groups in total. The molecule has 6 aliphatic rings. The molecule has 4 heterocycles. The van der Waals surface area contributed by atoms with E-state index in [1.165, 1.54) is 18.2 Å². The molecule has 9 rings (SSSR count). The summed E-state index contributed by atoms with van der Waals surface area (Å²) < 4.78 is 30.8. The Morgan fingerprint density at radius 2 is 1.68 bits per heavy atom. The van der Waals surface area contributed by atoms with Crippen molar-refractivity contribution < 1.29 is 84.3 Å². The number of hydrogen-bond acceptors (Lipinski definition) is 23. The Kier molecular flexibility index (Phi) is 16.3. The van der Waals surface area contributed by atoms with E-state index in [-0.39, 0.29) is 47.5 Å². The van der Waals surface area contributed by atoms with Crippen LogP contribution in [0.15, 0.2) is 60.0 Å². The zero-order chi connectivity index (χ0) is 54.5. The number of amides is 1. The molecule has 15 unspecified atom stereocenters. The van der Waals surface area contributed by atoms with Crippen LogP contribution in [-0.4, -0.2) is 193 Å². The first-order valence-corrected chi connectivity index (χ1v) is 25.4. The monoisotopic (exact) mass is 1080 g/mol. The maximum absolute atomic E-state index is 12.9. The lowest BCUT2D eigenvalue weighted by molar-refractivity contribution is -0.325. The Labute approximate surface area is 440 Å². The number of phenols is 1. The van der Waals surface area contributed by atoms with Gasteiger partial charge in [-0.15, -0.1) is 5.10 Å². The Bertz CT molecular complexity index is 2730. The van der Waals surface area contributed by atoms with E-state index in [9.17, 15) is 60.7 Å². The number of thiocarbonyl (C=S) groups is 1. The molecule has 1 amide bonds. The van der Waals surface area contributed by atoms with E-state index < -0.39 is 110 Å². The number of ketones is 1.